The Bertz CT molecular complexity index is 921. The topological polar surface area (TPSA) is 75.9 Å². The minimum absolute atomic E-state index is 0.0628. The van der Waals surface area contributed by atoms with E-state index in [2.05, 4.69) is 20.6 Å². The molecule has 0 unspecified atom stereocenters. The minimum Gasteiger partial charge on any atom is -0.369 e. The SMILES string of the molecule is CCNc1cc2c(nn1)CCN(C(=O)c1ccn(-c3ccccc3)n1)C2. The molecular formula is C19H20N6O. The predicted octanol–water partition coefficient (Wildman–Crippen LogP) is 2.29. The molecule has 1 aromatic carbocycles. The van der Waals surface area contributed by atoms with Crippen LogP contribution in [0.1, 0.15) is 28.7 Å². The number of rotatable bonds is 4. The van der Waals surface area contributed by atoms with Crippen LogP contribution in [0.25, 0.3) is 5.69 Å². The lowest BCUT2D eigenvalue weighted by Gasteiger charge is -2.27. The first-order valence-corrected chi connectivity index (χ1v) is 8.74. The number of carbonyl (C=O) groups excluding carboxylic acids is 1. The van der Waals surface area contributed by atoms with Crippen LogP contribution in [0.4, 0.5) is 5.82 Å². The molecule has 4 rings (SSSR count). The summed E-state index contributed by atoms with van der Waals surface area (Å²) in [6.45, 7) is 3.95. The van der Waals surface area contributed by atoms with E-state index < -0.39 is 0 Å². The molecule has 1 N–H and O–H groups in total. The molecule has 3 heterocycles. The van der Waals surface area contributed by atoms with E-state index in [-0.39, 0.29) is 5.91 Å². The molecule has 0 saturated carbocycles. The number of nitrogens with zero attached hydrogens (tertiary/aromatic N) is 5. The molecule has 26 heavy (non-hydrogen) atoms. The smallest absolute Gasteiger partial charge is 0.274 e. The first kappa shape index (κ1) is 16.3. The molecule has 0 spiro atoms. The summed E-state index contributed by atoms with van der Waals surface area (Å²) in [5, 5.41) is 16.1. The molecule has 7 heteroatoms. The Morgan fingerprint density at radius 1 is 1.19 bits per heavy atom. The average molecular weight is 348 g/mol. The second kappa shape index (κ2) is 6.95. The van der Waals surface area contributed by atoms with Crippen LogP contribution in [-0.2, 0) is 13.0 Å². The van der Waals surface area contributed by atoms with Crippen molar-refractivity contribution in [3.63, 3.8) is 0 Å². The van der Waals surface area contributed by atoms with Gasteiger partial charge >= 0.3 is 0 Å². The van der Waals surface area contributed by atoms with E-state index in [1.54, 1.807) is 10.7 Å². The van der Waals surface area contributed by atoms with Gasteiger partial charge in [-0.2, -0.15) is 10.2 Å². The lowest BCUT2D eigenvalue weighted by atomic mass is 10.1. The summed E-state index contributed by atoms with van der Waals surface area (Å²) >= 11 is 0. The van der Waals surface area contributed by atoms with Crippen molar-refractivity contribution in [2.45, 2.75) is 19.9 Å². The third kappa shape index (κ3) is 3.15. The highest BCUT2D eigenvalue weighted by molar-refractivity contribution is 5.92. The van der Waals surface area contributed by atoms with Crippen LogP contribution in [0.2, 0.25) is 0 Å². The van der Waals surface area contributed by atoms with E-state index in [4.69, 9.17) is 0 Å². The van der Waals surface area contributed by atoms with Gasteiger partial charge in [0.15, 0.2) is 5.69 Å². The summed E-state index contributed by atoms with van der Waals surface area (Å²) in [6.07, 6.45) is 2.52. The number of anilines is 1. The zero-order chi connectivity index (χ0) is 17.9. The second-order valence-corrected chi connectivity index (χ2v) is 6.19. The number of aromatic nitrogens is 4. The maximum absolute atomic E-state index is 12.9. The Labute approximate surface area is 151 Å². The van der Waals surface area contributed by atoms with E-state index in [1.165, 1.54) is 0 Å². The van der Waals surface area contributed by atoms with Gasteiger partial charge in [-0.1, -0.05) is 18.2 Å². The van der Waals surface area contributed by atoms with Gasteiger partial charge in [0, 0.05) is 32.3 Å². The van der Waals surface area contributed by atoms with Crippen LogP contribution < -0.4 is 5.32 Å². The van der Waals surface area contributed by atoms with Crippen molar-refractivity contribution in [3.05, 3.63) is 65.6 Å². The number of amides is 1. The summed E-state index contributed by atoms with van der Waals surface area (Å²) in [5.74, 6) is 0.682. The van der Waals surface area contributed by atoms with Crippen molar-refractivity contribution >= 4 is 11.7 Å². The van der Waals surface area contributed by atoms with Crippen LogP contribution in [0.5, 0.6) is 0 Å². The van der Waals surface area contributed by atoms with Crippen molar-refractivity contribution < 1.29 is 4.79 Å². The van der Waals surface area contributed by atoms with Gasteiger partial charge < -0.3 is 10.2 Å². The maximum atomic E-state index is 12.9. The molecular weight excluding hydrogens is 328 g/mol. The Balaban J connectivity index is 1.53. The molecule has 0 saturated heterocycles. The number of hydrogen-bond donors (Lipinski definition) is 1. The summed E-state index contributed by atoms with van der Waals surface area (Å²) in [5.41, 5.74) is 3.39. The lowest BCUT2D eigenvalue weighted by Crippen LogP contribution is -2.36. The Morgan fingerprint density at radius 3 is 2.85 bits per heavy atom. The summed E-state index contributed by atoms with van der Waals surface area (Å²) < 4.78 is 1.72. The van der Waals surface area contributed by atoms with Crippen molar-refractivity contribution in [2.24, 2.45) is 0 Å². The fraction of sp³-hybridized carbons (Fsp3) is 0.263. The van der Waals surface area contributed by atoms with Crippen LogP contribution in [0, 0.1) is 0 Å². The van der Waals surface area contributed by atoms with Crippen LogP contribution >= 0.6 is 0 Å². The monoisotopic (exact) mass is 348 g/mol. The standard InChI is InChI=1S/C19H20N6O/c1-2-20-18-12-14-13-24(10-8-16(14)21-22-18)19(26)17-9-11-25(23-17)15-6-4-3-5-7-15/h3-7,9,11-12H,2,8,10,13H2,1H3,(H,20,22). The molecule has 132 valence electrons. The summed E-state index contributed by atoms with van der Waals surface area (Å²) in [4.78, 5) is 14.7. The van der Waals surface area contributed by atoms with E-state index in [1.807, 2.05) is 54.4 Å². The van der Waals surface area contributed by atoms with E-state index >= 15 is 0 Å². The summed E-state index contributed by atoms with van der Waals surface area (Å²) in [7, 11) is 0. The van der Waals surface area contributed by atoms with Gasteiger partial charge in [0.2, 0.25) is 0 Å². The van der Waals surface area contributed by atoms with Crippen molar-refractivity contribution in [1.29, 1.82) is 0 Å². The van der Waals surface area contributed by atoms with Crippen molar-refractivity contribution in [2.75, 3.05) is 18.4 Å². The Hall–Kier alpha value is -3.22. The molecule has 2 aromatic heterocycles. The lowest BCUT2D eigenvalue weighted by molar-refractivity contribution is 0.0726. The fourth-order valence-electron chi connectivity index (χ4n) is 3.09. The Kier molecular flexibility index (Phi) is 4.35. The highest BCUT2D eigenvalue weighted by Gasteiger charge is 2.24. The molecule has 0 atom stereocenters. The van der Waals surface area contributed by atoms with E-state index in [9.17, 15) is 4.79 Å². The summed E-state index contributed by atoms with van der Waals surface area (Å²) in [6, 6.07) is 13.5. The number of benzene rings is 1. The molecule has 1 aliphatic rings. The normalized spacial score (nSPS) is 13.3. The second-order valence-electron chi connectivity index (χ2n) is 6.19. The zero-order valence-electron chi connectivity index (χ0n) is 14.6. The molecule has 0 fully saturated rings. The molecule has 1 amide bonds. The third-order valence-electron chi connectivity index (χ3n) is 4.41. The number of para-hydroxylation sites is 1. The molecule has 3 aromatic rings. The van der Waals surface area contributed by atoms with Crippen LogP contribution in [0.3, 0.4) is 0 Å². The average Bonchev–Trinajstić information content (AvgIpc) is 3.18. The first-order valence-electron chi connectivity index (χ1n) is 8.74. The van der Waals surface area contributed by atoms with Gasteiger partial charge in [-0.3, -0.25) is 4.79 Å². The molecule has 7 nitrogen and oxygen atoms in total. The molecule has 0 aliphatic carbocycles. The van der Waals surface area contributed by atoms with Crippen LogP contribution in [-0.4, -0.2) is 43.9 Å². The Morgan fingerprint density at radius 2 is 2.04 bits per heavy atom. The van der Waals surface area contributed by atoms with Gasteiger partial charge in [0.1, 0.15) is 5.82 Å². The number of nitrogens with one attached hydrogen (secondary N) is 1. The molecule has 0 radical (unpaired) electrons. The predicted molar refractivity (Wildman–Crippen MR) is 98.2 cm³/mol. The fourth-order valence-corrected chi connectivity index (χ4v) is 3.09. The van der Waals surface area contributed by atoms with Gasteiger partial charge in [-0.05, 0) is 36.8 Å². The van der Waals surface area contributed by atoms with Crippen LogP contribution in [0.15, 0.2) is 48.7 Å². The van der Waals surface area contributed by atoms with Gasteiger partial charge in [-0.15, -0.1) is 5.10 Å². The van der Waals surface area contributed by atoms with Crippen molar-refractivity contribution in [3.8, 4) is 5.69 Å². The number of carbonyl (C=O) groups is 1. The third-order valence-corrected chi connectivity index (χ3v) is 4.41. The quantitative estimate of drug-likeness (QED) is 0.783. The highest BCUT2D eigenvalue weighted by Crippen LogP contribution is 2.20. The molecule has 0 bridgehead atoms. The van der Waals surface area contributed by atoms with Crippen molar-refractivity contribution in [1.82, 2.24) is 24.9 Å². The van der Waals surface area contributed by atoms with E-state index in [0.29, 0.717) is 25.2 Å². The minimum atomic E-state index is -0.0628. The molecule has 1 aliphatic heterocycles. The first-order chi connectivity index (χ1) is 12.7. The maximum Gasteiger partial charge on any atom is 0.274 e. The van der Waals surface area contributed by atoms with E-state index in [0.717, 1.165) is 29.3 Å². The van der Waals surface area contributed by atoms with Gasteiger partial charge in [0.25, 0.3) is 5.91 Å². The number of hydrogen-bond acceptors (Lipinski definition) is 5. The highest BCUT2D eigenvalue weighted by atomic mass is 16.2. The van der Waals surface area contributed by atoms with Gasteiger partial charge in [-0.25, -0.2) is 4.68 Å². The number of fused-ring (bicyclic) bond motifs is 1. The zero-order valence-corrected chi connectivity index (χ0v) is 14.6. The van der Waals surface area contributed by atoms with Gasteiger partial charge in [0.05, 0.1) is 11.4 Å². The largest absolute Gasteiger partial charge is 0.369 e.